The molecule has 0 N–H and O–H groups in total. The number of imidazole rings is 1. The molecule has 0 bridgehead atoms. The molecule has 1 aromatic carbocycles. The van der Waals surface area contributed by atoms with E-state index in [4.69, 9.17) is 24.4 Å². The zero-order valence-corrected chi connectivity index (χ0v) is 19.4. The van der Waals surface area contributed by atoms with Crippen LogP contribution in [0.2, 0.25) is 0 Å². The quantitative estimate of drug-likeness (QED) is 0.382. The van der Waals surface area contributed by atoms with Gasteiger partial charge in [-0.25, -0.2) is 19.9 Å². The fourth-order valence-electron chi connectivity index (χ4n) is 4.24. The van der Waals surface area contributed by atoms with Crippen LogP contribution in [0.25, 0.3) is 22.7 Å². The van der Waals surface area contributed by atoms with Crippen molar-refractivity contribution in [2.45, 2.75) is 13.5 Å². The van der Waals surface area contributed by atoms with Gasteiger partial charge in [0.25, 0.3) is 0 Å². The summed E-state index contributed by atoms with van der Waals surface area (Å²) in [5, 5.41) is 0. The minimum atomic E-state index is 0.523. The molecule has 1 aliphatic heterocycles. The Morgan fingerprint density at radius 2 is 1.91 bits per heavy atom. The molecule has 174 valence electrons. The molecule has 9 nitrogen and oxygen atoms in total. The van der Waals surface area contributed by atoms with Crippen LogP contribution < -0.4 is 14.4 Å². The number of benzene rings is 1. The van der Waals surface area contributed by atoms with Gasteiger partial charge in [0.1, 0.15) is 18.1 Å². The number of rotatable bonds is 5. The second kappa shape index (κ2) is 8.68. The average Bonchev–Trinajstić information content (AvgIpc) is 3.31. The van der Waals surface area contributed by atoms with Crippen LogP contribution in [-0.2, 0) is 6.54 Å². The molecule has 35 heavy (non-hydrogen) atoms. The van der Waals surface area contributed by atoms with E-state index in [0.717, 1.165) is 45.4 Å². The molecular weight excluding hydrogens is 442 g/mol. The van der Waals surface area contributed by atoms with Gasteiger partial charge in [-0.2, -0.15) is 0 Å². The van der Waals surface area contributed by atoms with Crippen molar-refractivity contribution in [3.8, 4) is 23.0 Å². The fourth-order valence-corrected chi connectivity index (χ4v) is 4.24. The lowest BCUT2D eigenvalue weighted by molar-refractivity contribution is 0.312. The highest BCUT2D eigenvalue weighted by Gasteiger charge is 2.25. The predicted molar refractivity (Wildman–Crippen MR) is 132 cm³/mol. The average molecular weight is 466 g/mol. The van der Waals surface area contributed by atoms with Crippen LogP contribution in [0.5, 0.6) is 11.5 Å². The Morgan fingerprint density at radius 1 is 1.03 bits per heavy atom. The summed E-state index contributed by atoms with van der Waals surface area (Å²) >= 11 is 0. The Hall–Kier alpha value is -4.53. The van der Waals surface area contributed by atoms with Crippen LogP contribution in [0.4, 0.5) is 11.5 Å². The van der Waals surface area contributed by atoms with Gasteiger partial charge in [-0.1, -0.05) is 18.2 Å². The molecule has 0 atom stereocenters. The van der Waals surface area contributed by atoms with E-state index in [2.05, 4.69) is 14.9 Å². The van der Waals surface area contributed by atoms with Crippen molar-refractivity contribution in [2.24, 2.45) is 0 Å². The Labute approximate surface area is 202 Å². The molecule has 0 unspecified atom stereocenters. The molecule has 1 aliphatic rings. The number of nitrogens with zero attached hydrogens (tertiary/aromatic N) is 7. The second-order valence-electron chi connectivity index (χ2n) is 8.27. The third-order valence-corrected chi connectivity index (χ3v) is 5.96. The highest BCUT2D eigenvalue weighted by Crippen LogP contribution is 2.38. The molecule has 5 heterocycles. The summed E-state index contributed by atoms with van der Waals surface area (Å²) < 4.78 is 13.2. The lowest BCUT2D eigenvalue weighted by Gasteiger charge is -2.30. The van der Waals surface area contributed by atoms with Crippen molar-refractivity contribution in [3.63, 3.8) is 0 Å². The largest absolute Gasteiger partial charge is 0.497 e. The van der Waals surface area contributed by atoms with Gasteiger partial charge in [-0.15, -0.1) is 0 Å². The van der Waals surface area contributed by atoms with E-state index >= 15 is 0 Å². The van der Waals surface area contributed by atoms with Crippen LogP contribution in [0.3, 0.4) is 0 Å². The lowest BCUT2D eigenvalue weighted by Crippen LogP contribution is -2.29. The Balaban J connectivity index is 1.51. The van der Waals surface area contributed by atoms with E-state index in [0.29, 0.717) is 31.2 Å². The monoisotopic (exact) mass is 465 g/mol. The molecule has 9 heteroatoms. The van der Waals surface area contributed by atoms with Gasteiger partial charge in [0.15, 0.2) is 28.6 Å². The van der Waals surface area contributed by atoms with E-state index in [1.165, 1.54) is 0 Å². The zero-order valence-electron chi connectivity index (χ0n) is 19.4. The topological polar surface area (TPSA) is 91.1 Å². The molecule has 0 radical (unpaired) electrons. The minimum Gasteiger partial charge on any atom is -0.497 e. The number of aryl methyl sites for hydroxylation is 1. The predicted octanol–water partition coefficient (Wildman–Crippen LogP) is 4.18. The van der Waals surface area contributed by atoms with Gasteiger partial charge in [0.05, 0.1) is 38.4 Å². The maximum Gasteiger partial charge on any atom is 0.182 e. The van der Waals surface area contributed by atoms with Crippen LogP contribution >= 0.6 is 0 Å². The molecule has 4 aromatic heterocycles. The molecular formula is C26H23N7O2. The summed E-state index contributed by atoms with van der Waals surface area (Å²) in [6.07, 6.45) is 5.30. The Kier molecular flexibility index (Phi) is 5.21. The first kappa shape index (κ1) is 21.0. The molecule has 0 amide bonds. The molecule has 0 saturated carbocycles. The Bertz CT molecular complexity index is 1510. The maximum absolute atomic E-state index is 5.83. The summed E-state index contributed by atoms with van der Waals surface area (Å²) in [6.45, 7) is 3.73. The number of pyridine rings is 2. The standard InChI is InChI=1S/C26H23N7O2/c1-17-4-3-5-20(29-17)24-30-25-23(28-16-32(25)15-18-6-8-19(34-2)9-7-18)26(31-24)33-12-13-35-22-14-27-11-10-21(22)33/h3-11,14,16H,12-13,15H2,1-2H3. The number of hydrogen-bond donors (Lipinski definition) is 0. The first-order valence-electron chi connectivity index (χ1n) is 11.3. The molecule has 0 spiro atoms. The van der Waals surface area contributed by atoms with Gasteiger partial charge in [-0.3, -0.25) is 4.98 Å². The second-order valence-corrected chi connectivity index (χ2v) is 8.27. The van der Waals surface area contributed by atoms with E-state index in [9.17, 15) is 0 Å². The first-order chi connectivity index (χ1) is 17.2. The minimum absolute atomic E-state index is 0.523. The van der Waals surface area contributed by atoms with Crippen LogP contribution in [0, 0.1) is 6.92 Å². The van der Waals surface area contributed by atoms with Crippen molar-refractivity contribution in [2.75, 3.05) is 25.2 Å². The lowest BCUT2D eigenvalue weighted by atomic mass is 10.2. The molecule has 0 saturated heterocycles. The van der Waals surface area contributed by atoms with Gasteiger partial charge in [0, 0.05) is 11.9 Å². The van der Waals surface area contributed by atoms with Crippen molar-refractivity contribution >= 4 is 22.7 Å². The SMILES string of the molecule is COc1ccc(Cn2cnc3c(N4CCOc5cnccc54)nc(-c4cccc(C)n4)nc32)cc1. The molecule has 0 fully saturated rings. The highest BCUT2D eigenvalue weighted by atomic mass is 16.5. The highest BCUT2D eigenvalue weighted by molar-refractivity contribution is 5.89. The molecule has 5 aromatic rings. The number of anilines is 2. The molecule has 0 aliphatic carbocycles. The van der Waals surface area contributed by atoms with E-state index in [-0.39, 0.29) is 0 Å². The zero-order chi connectivity index (χ0) is 23.8. The number of ether oxygens (including phenoxy) is 2. The van der Waals surface area contributed by atoms with Crippen LogP contribution in [-0.4, -0.2) is 49.7 Å². The third-order valence-electron chi connectivity index (χ3n) is 5.96. The third kappa shape index (κ3) is 3.90. The van der Waals surface area contributed by atoms with Crippen molar-refractivity contribution in [1.29, 1.82) is 0 Å². The summed E-state index contributed by atoms with van der Waals surface area (Å²) in [7, 11) is 1.66. The summed E-state index contributed by atoms with van der Waals surface area (Å²) in [5.74, 6) is 2.81. The van der Waals surface area contributed by atoms with Crippen LogP contribution in [0.1, 0.15) is 11.3 Å². The maximum atomic E-state index is 5.83. The van der Waals surface area contributed by atoms with E-state index in [1.807, 2.05) is 66.3 Å². The van der Waals surface area contributed by atoms with Gasteiger partial charge in [-0.05, 0) is 42.8 Å². The normalized spacial score (nSPS) is 12.9. The van der Waals surface area contributed by atoms with E-state index in [1.54, 1.807) is 19.5 Å². The Morgan fingerprint density at radius 3 is 2.74 bits per heavy atom. The first-order valence-corrected chi connectivity index (χ1v) is 11.3. The van der Waals surface area contributed by atoms with Crippen molar-refractivity contribution in [1.82, 2.24) is 29.5 Å². The van der Waals surface area contributed by atoms with E-state index < -0.39 is 0 Å². The van der Waals surface area contributed by atoms with Gasteiger partial charge in [0.2, 0.25) is 0 Å². The number of methoxy groups -OCH3 is 1. The van der Waals surface area contributed by atoms with Crippen LogP contribution in [0.15, 0.2) is 67.3 Å². The number of fused-ring (bicyclic) bond motifs is 2. The summed E-state index contributed by atoms with van der Waals surface area (Å²) in [6, 6.07) is 15.8. The summed E-state index contributed by atoms with van der Waals surface area (Å²) in [4.78, 5) is 25.6. The number of hydrogen-bond acceptors (Lipinski definition) is 8. The van der Waals surface area contributed by atoms with Crippen molar-refractivity contribution in [3.05, 3.63) is 78.5 Å². The number of aromatic nitrogens is 6. The fraction of sp³-hybridized carbons (Fsp3) is 0.192. The smallest absolute Gasteiger partial charge is 0.182 e. The molecule has 6 rings (SSSR count). The van der Waals surface area contributed by atoms with Crippen molar-refractivity contribution < 1.29 is 9.47 Å². The van der Waals surface area contributed by atoms with Gasteiger partial charge < -0.3 is 18.9 Å². The van der Waals surface area contributed by atoms with Gasteiger partial charge >= 0.3 is 0 Å². The summed E-state index contributed by atoms with van der Waals surface area (Å²) in [5.41, 5.74) is 5.10.